The Bertz CT molecular complexity index is 499. The van der Waals surface area contributed by atoms with Crippen LogP contribution >= 0.6 is 0 Å². The number of carboxylic acid groups (broad SMARTS) is 1. The molecule has 0 aliphatic carbocycles. The van der Waals surface area contributed by atoms with Crippen molar-refractivity contribution in [3.63, 3.8) is 0 Å². The number of carboxylic acids is 1. The summed E-state index contributed by atoms with van der Waals surface area (Å²) < 4.78 is 0. The third-order valence-corrected chi connectivity index (χ3v) is 3.90. The Morgan fingerprint density at radius 3 is 2.67 bits per heavy atom. The molecule has 1 saturated heterocycles. The highest BCUT2D eigenvalue weighted by Gasteiger charge is 2.23. The average Bonchev–Trinajstić information content (AvgIpc) is 2.47. The van der Waals surface area contributed by atoms with E-state index in [0.717, 1.165) is 24.9 Å². The quantitative estimate of drug-likeness (QED) is 0.766. The van der Waals surface area contributed by atoms with Gasteiger partial charge in [0.25, 0.3) is 0 Å². The summed E-state index contributed by atoms with van der Waals surface area (Å²) in [5, 5.41) is 15.0. The first-order chi connectivity index (χ1) is 10.1. The molecule has 1 aromatic carbocycles. The van der Waals surface area contributed by atoms with Gasteiger partial charge in [-0.25, -0.2) is 4.79 Å². The molecule has 0 bridgehead atoms. The van der Waals surface area contributed by atoms with E-state index >= 15 is 0 Å². The van der Waals surface area contributed by atoms with Gasteiger partial charge in [-0.3, -0.25) is 4.79 Å². The minimum absolute atomic E-state index is 0.0590. The molecule has 3 N–H and O–H groups in total. The maximum absolute atomic E-state index is 12.0. The van der Waals surface area contributed by atoms with Crippen LogP contribution in [0.15, 0.2) is 24.3 Å². The molecule has 1 amide bonds. The van der Waals surface area contributed by atoms with Crippen LogP contribution in [0.1, 0.15) is 35.7 Å². The zero-order valence-corrected chi connectivity index (χ0v) is 12.3. The van der Waals surface area contributed by atoms with Crippen LogP contribution < -0.4 is 10.6 Å². The number of rotatable bonds is 5. The number of benzene rings is 1. The van der Waals surface area contributed by atoms with Crippen LogP contribution in [0.4, 0.5) is 0 Å². The summed E-state index contributed by atoms with van der Waals surface area (Å²) >= 11 is 0. The van der Waals surface area contributed by atoms with Gasteiger partial charge in [-0.05, 0) is 49.4 Å². The second-order valence-electron chi connectivity index (χ2n) is 5.68. The van der Waals surface area contributed by atoms with E-state index in [1.807, 2.05) is 0 Å². The second kappa shape index (κ2) is 7.22. The number of aromatic carboxylic acids is 1. The van der Waals surface area contributed by atoms with Crippen LogP contribution in [0, 0.1) is 5.92 Å². The fourth-order valence-electron chi connectivity index (χ4n) is 2.57. The predicted octanol–water partition coefficient (Wildman–Crippen LogP) is 1.43. The van der Waals surface area contributed by atoms with Gasteiger partial charge in [0, 0.05) is 6.54 Å². The van der Waals surface area contributed by atoms with Crippen molar-refractivity contribution in [3.8, 4) is 0 Å². The van der Waals surface area contributed by atoms with Gasteiger partial charge < -0.3 is 15.7 Å². The average molecular weight is 290 g/mol. The molecular formula is C16H22N2O3. The summed E-state index contributed by atoms with van der Waals surface area (Å²) in [6, 6.07) is 6.67. The highest BCUT2D eigenvalue weighted by atomic mass is 16.4. The Morgan fingerprint density at radius 2 is 2.05 bits per heavy atom. The van der Waals surface area contributed by atoms with Crippen LogP contribution in [-0.4, -0.2) is 36.1 Å². The van der Waals surface area contributed by atoms with Crippen molar-refractivity contribution in [2.75, 3.05) is 13.1 Å². The van der Waals surface area contributed by atoms with E-state index in [9.17, 15) is 9.59 Å². The fourth-order valence-corrected chi connectivity index (χ4v) is 2.57. The van der Waals surface area contributed by atoms with Gasteiger partial charge in [-0.2, -0.15) is 0 Å². The van der Waals surface area contributed by atoms with Crippen molar-refractivity contribution in [3.05, 3.63) is 35.4 Å². The lowest BCUT2D eigenvalue weighted by Crippen LogP contribution is -2.48. The number of hydrogen-bond donors (Lipinski definition) is 3. The number of amides is 1. The molecule has 1 heterocycles. The zero-order valence-electron chi connectivity index (χ0n) is 12.3. The van der Waals surface area contributed by atoms with Crippen LogP contribution in [0.25, 0.3) is 0 Å². The van der Waals surface area contributed by atoms with Crippen molar-refractivity contribution >= 4 is 11.9 Å². The molecular weight excluding hydrogens is 268 g/mol. The normalized spacial score (nSPS) is 21.8. The minimum atomic E-state index is -0.924. The van der Waals surface area contributed by atoms with Gasteiger partial charge in [-0.1, -0.05) is 19.1 Å². The number of hydrogen-bond acceptors (Lipinski definition) is 3. The van der Waals surface area contributed by atoms with E-state index in [0.29, 0.717) is 18.9 Å². The smallest absolute Gasteiger partial charge is 0.335 e. The summed E-state index contributed by atoms with van der Waals surface area (Å²) in [4.78, 5) is 22.8. The molecule has 114 valence electrons. The van der Waals surface area contributed by atoms with Gasteiger partial charge in [0.1, 0.15) is 0 Å². The van der Waals surface area contributed by atoms with Crippen molar-refractivity contribution in [1.29, 1.82) is 0 Å². The molecule has 5 nitrogen and oxygen atoms in total. The third-order valence-electron chi connectivity index (χ3n) is 3.90. The van der Waals surface area contributed by atoms with Crippen molar-refractivity contribution in [2.24, 2.45) is 5.92 Å². The standard InChI is InChI=1S/C16H22N2O3/c1-11-6-8-17-14(10-11)15(19)18-9-7-12-2-4-13(5-3-12)16(20)21/h2-5,11,14,17H,6-10H2,1H3,(H,18,19)(H,20,21). The van der Waals surface area contributed by atoms with E-state index in [1.54, 1.807) is 24.3 Å². The largest absolute Gasteiger partial charge is 0.478 e. The highest BCUT2D eigenvalue weighted by Crippen LogP contribution is 2.14. The van der Waals surface area contributed by atoms with Crippen LogP contribution in [0.5, 0.6) is 0 Å². The number of carbonyl (C=O) groups excluding carboxylic acids is 1. The monoisotopic (exact) mass is 290 g/mol. The first-order valence-corrected chi connectivity index (χ1v) is 7.39. The van der Waals surface area contributed by atoms with Gasteiger partial charge in [0.15, 0.2) is 0 Å². The van der Waals surface area contributed by atoms with Crippen LogP contribution in [0.2, 0.25) is 0 Å². The fraction of sp³-hybridized carbons (Fsp3) is 0.500. The lowest BCUT2D eigenvalue weighted by molar-refractivity contribution is -0.124. The number of carbonyl (C=O) groups is 2. The first kappa shape index (κ1) is 15.5. The number of nitrogens with one attached hydrogen (secondary N) is 2. The van der Waals surface area contributed by atoms with Crippen molar-refractivity contribution in [1.82, 2.24) is 10.6 Å². The van der Waals surface area contributed by atoms with E-state index in [-0.39, 0.29) is 17.5 Å². The molecule has 5 heteroatoms. The molecule has 1 fully saturated rings. The maximum atomic E-state index is 12.0. The minimum Gasteiger partial charge on any atom is -0.478 e. The van der Waals surface area contributed by atoms with Crippen molar-refractivity contribution < 1.29 is 14.7 Å². The van der Waals surface area contributed by atoms with E-state index in [1.165, 1.54) is 0 Å². The van der Waals surface area contributed by atoms with E-state index < -0.39 is 5.97 Å². The third kappa shape index (κ3) is 4.56. The topological polar surface area (TPSA) is 78.4 Å². The van der Waals surface area contributed by atoms with Crippen LogP contribution in [-0.2, 0) is 11.2 Å². The molecule has 0 spiro atoms. The zero-order chi connectivity index (χ0) is 15.2. The molecule has 1 aliphatic heterocycles. The SMILES string of the molecule is CC1CCNC(C(=O)NCCc2ccc(C(=O)O)cc2)C1. The molecule has 0 radical (unpaired) electrons. The van der Waals surface area contributed by atoms with E-state index in [2.05, 4.69) is 17.6 Å². The summed E-state index contributed by atoms with van der Waals surface area (Å²) in [7, 11) is 0. The Hall–Kier alpha value is -1.88. The lowest BCUT2D eigenvalue weighted by atomic mass is 9.94. The van der Waals surface area contributed by atoms with Gasteiger partial charge in [0.05, 0.1) is 11.6 Å². The molecule has 0 saturated carbocycles. The first-order valence-electron chi connectivity index (χ1n) is 7.39. The molecule has 2 atom stereocenters. The summed E-state index contributed by atoms with van der Waals surface area (Å²) in [6.07, 6.45) is 2.72. The molecule has 21 heavy (non-hydrogen) atoms. The molecule has 1 aliphatic rings. The van der Waals surface area contributed by atoms with E-state index in [4.69, 9.17) is 5.11 Å². The van der Waals surface area contributed by atoms with Gasteiger partial charge >= 0.3 is 5.97 Å². The summed E-state index contributed by atoms with van der Waals surface area (Å²) in [6.45, 7) is 3.64. The molecule has 0 aromatic heterocycles. The summed E-state index contributed by atoms with van der Waals surface area (Å²) in [5.74, 6) is -0.276. The van der Waals surface area contributed by atoms with Crippen molar-refractivity contribution in [2.45, 2.75) is 32.2 Å². The Labute approximate surface area is 124 Å². The maximum Gasteiger partial charge on any atom is 0.335 e. The highest BCUT2D eigenvalue weighted by molar-refractivity contribution is 5.87. The predicted molar refractivity (Wildman–Crippen MR) is 80.3 cm³/mol. The molecule has 2 rings (SSSR count). The molecule has 1 aromatic rings. The lowest BCUT2D eigenvalue weighted by Gasteiger charge is -2.27. The second-order valence-corrected chi connectivity index (χ2v) is 5.68. The Morgan fingerprint density at radius 1 is 1.33 bits per heavy atom. The Kier molecular flexibility index (Phi) is 5.33. The Balaban J connectivity index is 1.75. The number of piperidine rings is 1. The van der Waals surface area contributed by atoms with Crippen LogP contribution in [0.3, 0.4) is 0 Å². The van der Waals surface area contributed by atoms with Gasteiger partial charge in [0.2, 0.25) is 5.91 Å². The summed E-state index contributed by atoms with van der Waals surface area (Å²) in [5.41, 5.74) is 1.30. The van der Waals surface area contributed by atoms with Gasteiger partial charge in [-0.15, -0.1) is 0 Å². The molecule has 2 unspecified atom stereocenters.